The molecule has 2 fully saturated rings. The molecule has 108 valence electrons. The highest BCUT2D eigenvalue weighted by Crippen LogP contribution is 2.34. The summed E-state index contributed by atoms with van der Waals surface area (Å²) in [4.78, 5) is 26.9. The van der Waals surface area contributed by atoms with Gasteiger partial charge in [0.05, 0.1) is 11.5 Å². The zero-order valence-electron chi connectivity index (χ0n) is 11.1. The highest BCUT2D eigenvalue weighted by atomic mass is 32.2. The van der Waals surface area contributed by atoms with Gasteiger partial charge in [-0.15, -0.1) is 11.8 Å². The summed E-state index contributed by atoms with van der Waals surface area (Å²) in [6.45, 7) is 2.33. The van der Waals surface area contributed by atoms with Gasteiger partial charge in [0.2, 0.25) is 0 Å². The molecule has 2 aliphatic rings. The van der Waals surface area contributed by atoms with Crippen LogP contribution in [-0.2, 0) is 0 Å². The summed E-state index contributed by atoms with van der Waals surface area (Å²) >= 11 is 1.80. The Morgan fingerprint density at radius 1 is 1.40 bits per heavy atom. The number of nitrogens with one attached hydrogen (secondary N) is 1. The number of imide groups is 1. The van der Waals surface area contributed by atoms with Crippen molar-refractivity contribution < 1.29 is 14.0 Å². The highest BCUT2D eigenvalue weighted by molar-refractivity contribution is 7.99. The van der Waals surface area contributed by atoms with Crippen LogP contribution in [-0.4, -0.2) is 53.8 Å². The molecule has 0 aliphatic carbocycles. The second-order valence-corrected chi connectivity index (χ2v) is 6.13. The number of carbonyl (C=O) groups excluding carboxylic acids is 2. The average Bonchev–Trinajstić information content (AvgIpc) is 3.05. The van der Waals surface area contributed by atoms with Crippen molar-refractivity contribution >= 4 is 23.8 Å². The third-order valence-corrected chi connectivity index (χ3v) is 4.85. The summed E-state index contributed by atoms with van der Waals surface area (Å²) in [5.41, 5.74) is 0. The minimum atomic E-state index is -0.283. The van der Waals surface area contributed by atoms with Crippen molar-refractivity contribution in [2.75, 3.05) is 31.9 Å². The standard InChI is InChI=1S/C13H17N3O3S/c17-12-14-4-6-16(12)13(18)15-5-3-11(20-9-7-15)10-2-1-8-19-10/h1-2,8,11H,3-7,9H2,(H,14,17)/t11-/m1/s1. The molecule has 0 unspecified atom stereocenters. The summed E-state index contributed by atoms with van der Waals surface area (Å²) in [7, 11) is 0. The minimum Gasteiger partial charge on any atom is -0.468 e. The Morgan fingerprint density at radius 2 is 2.30 bits per heavy atom. The average molecular weight is 295 g/mol. The van der Waals surface area contributed by atoms with Crippen molar-refractivity contribution in [2.24, 2.45) is 0 Å². The fourth-order valence-electron chi connectivity index (χ4n) is 2.49. The van der Waals surface area contributed by atoms with Crippen LogP contribution in [0.1, 0.15) is 17.4 Å². The summed E-state index contributed by atoms with van der Waals surface area (Å²) in [6.07, 6.45) is 2.53. The molecule has 0 saturated carbocycles. The van der Waals surface area contributed by atoms with Crippen LogP contribution in [0.5, 0.6) is 0 Å². The van der Waals surface area contributed by atoms with Crippen LogP contribution in [0, 0.1) is 0 Å². The van der Waals surface area contributed by atoms with E-state index in [9.17, 15) is 9.59 Å². The van der Waals surface area contributed by atoms with E-state index in [1.165, 1.54) is 4.90 Å². The monoisotopic (exact) mass is 295 g/mol. The predicted octanol–water partition coefficient (Wildman–Crippen LogP) is 1.90. The minimum absolute atomic E-state index is 0.180. The van der Waals surface area contributed by atoms with Crippen molar-refractivity contribution in [1.29, 1.82) is 0 Å². The lowest BCUT2D eigenvalue weighted by atomic mass is 10.2. The molecule has 2 saturated heterocycles. The van der Waals surface area contributed by atoms with E-state index in [4.69, 9.17) is 4.42 Å². The third kappa shape index (κ3) is 2.63. The molecule has 0 aromatic carbocycles. The molecule has 7 heteroatoms. The number of urea groups is 2. The smallest absolute Gasteiger partial charge is 0.328 e. The molecule has 3 heterocycles. The van der Waals surface area contributed by atoms with Gasteiger partial charge in [0, 0.05) is 31.9 Å². The van der Waals surface area contributed by atoms with E-state index >= 15 is 0 Å². The van der Waals surface area contributed by atoms with Gasteiger partial charge in [-0.25, -0.2) is 14.5 Å². The molecule has 1 atom stereocenters. The van der Waals surface area contributed by atoms with E-state index in [-0.39, 0.29) is 17.3 Å². The van der Waals surface area contributed by atoms with E-state index in [0.717, 1.165) is 17.9 Å². The molecule has 1 aromatic rings. The van der Waals surface area contributed by atoms with E-state index in [2.05, 4.69) is 5.32 Å². The SMILES string of the molecule is O=C1NCCN1C(=O)N1CCS[C@@H](c2ccco2)CC1. The molecule has 2 aliphatic heterocycles. The lowest BCUT2D eigenvalue weighted by Crippen LogP contribution is -2.45. The van der Waals surface area contributed by atoms with Gasteiger partial charge >= 0.3 is 12.1 Å². The quantitative estimate of drug-likeness (QED) is 0.859. The zero-order chi connectivity index (χ0) is 13.9. The van der Waals surface area contributed by atoms with Crippen molar-refractivity contribution in [3.8, 4) is 0 Å². The zero-order valence-corrected chi connectivity index (χ0v) is 11.9. The molecule has 20 heavy (non-hydrogen) atoms. The van der Waals surface area contributed by atoms with E-state index in [0.29, 0.717) is 26.2 Å². The maximum atomic E-state index is 12.3. The van der Waals surface area contributed by atoms with Crippen LogP contribution < -0.4 is 5.32 Å². The second-order valence-electron chi connectivity index (χ2n) is 4.82. The molecule has 0 radical (unpaired) electrons. The van der Waals surface area contributed by atoms with Gasteiger partial charge < -0.3 is 14.6 Å². The number of hydrogen-bond acceptors (Lipinski definition) is 4. The summed E-state index contributed by atoms with van der Waals surface area (Å²) in [5, 5.41) is 2.94. The summed E-state index contributed by atoms with van der Waals surface area (Å²) in [5.74, 6) is 1.82. The molecule has 0 bridgehead atoms. The predicted molar refractivity (Wildman–Crippen MR) is 75.6 cm³/mol. The molecule has 1 N–H and O–H groups in total. The van der Waals surface area contributed by atoms with Crippen molar-refractivity contribution in [3.05, 3.63) is 24.2 Å². The van der Waals surface area contributed by atoms with Crippen molar-refractivity contribution in [2.45, 2.75) is 11.7 Å². The molecule has 6 nitrogen and oxygen atoms in total. The maximum absolute atomic E-state index is 12.3. The van der Waals surface area contributed by atoms with Crippen LogP contribution in [0.2, 0.25) is 0 Å². The van der Waals surface area contributed by atoms with Crippen molar-refractivity contribution in [3.63, 3.8) is 0 Å². The first-order chi connectivity index (χ1) is 9.75. The normalized spacial score (nSPS) is 23.6. The molecule has 4 amide bonds. The molecular weight excluding hydrogens is 278 g/mol. The van der Waals surface area contributed by atoms with Crippen LogP contribution in [0.3, 0.4) is 0 Å². The topological polar surface area (TPSA) is 65.8 Å². The lowest BCUT2D eigenvalue weighted by molar-refractivity contribution is 0.166. The Balaban J connectivity index is 1.62. The Bertz CT molecular complexity index is 491. The number of amides is 4. The Morgan fingerprint density at radius 3 is 3.00 bits per heavy atom. The first kappa shape index (κ1) is 13.4. The number of rotatable bonds is 1. The molecule has 1 aromatic heterocycles. The van der Waals surface area contributed by atoms with Crippen LogP contribution in [0.25, 0.3) is 0 Å². The van der Waals surface area contributed by atoms with E-state index in [1.54, 1.807) is 22.9 Å². The Hall–Kier alpha value is -1.63. The lowest BCUT2D eigenvalue weighted by Gasteiger charge is -2.24. The van der Waals surface area contributed by atoms with Gasteiger partial charge in [0.25, 0.3) is 0 Å². The first-order valence-electron chi connectivity index (χ1n) is 6.75. The number of hydrogen-bond donors (Lipinski definition) is 1. The second kappa shape index (κ2) is 5.78. The van der Waals surface area contributed by atoms with Gasteiger partial charge in [0.15, 0.2) is 0 Å². The molecule has 0 spiro atoms. The summed E-state index contributed by atoms with van der Waals surface area (Å²) < 4.78 is 5.44. The largest absolute Gasteiger partial charge is 0.468 e. The Labute approximate surface area is 121 Å². The van der Waals surface area contributed by atoms with Gasteiger partial charge in [-0.2, -0.15) is 0 Å². The number of thioether (sulfide) groups is 1. The van der Waals surface area contributed by atoms with Gasteiger partial charge in [-0.3, -0.25) is 0 Å². The van der Waals surface area contributed by atoms with Crippen LogP contribution in [0.4, 0.5) is 9.59 Å². The van der Waals surface area contributed by atoms with Crippen LogP contribution >= 0.6 is 11.8 Å². The van der Waals surface area contributed by atoms with Crippen LogP contribution in [0.15, 0.2) is 22.8 Å². The number of furan rings is 1. The fourth-order valence-corrected chi connectivity index (χ4v) is 3.67. The van der Waals surface area contributed by atoms with Gasteiger partial charge in [-0.05, 0) is 18.6 Å². The Kier molecular flexibility index (Phi) is 3.86. The first-order valence-corrected chi connectivity index (χ1v) is 7.80. The maximum Gasteiger partial charge on any atom is 0.328 e. The molecule has 3 rings (SSSR count). The van der Waals surface area contributed by atoms with E-state index in [1.807, 2.05) is 12.1 Å². The van der Waals surface area contributed by atoms with Crippen molar-refractivity contribution in [1.82, 2.24) is 15.1 Å². The fraction of sp³-hybridized carbons (Fsp3) is 0.538. The molecular formula is C13H17N3O3S. The third-order valence-electron chi connectivity index (χ3n) is 3.56. The van der Waals surface area contributed by atoms with Gasteiger partial charge in [0.1, 0.15) is 5.76 Å². The van der Waals surface area contributed by atoms with E-state index < -0.39 is 0 Å². The summed E-state index contributed by atoms with van der Waals surface area (Å²) in [6, 6.07) is 3.40. The van der Waals surface area contributed by atoms with Gasteiger partial charge in [-0.1, -0.05) is 0 Å². The number of carbonyl (C=O) groups is 2. The highest BCUT2D eigenvalue weighted by Gasteiger charge is 2.31. The number of nitrogens with zero attached hydrogens (tertiary/aromatic N) is 2.